The Morgan fingerprint density at radius 2 is 2.10 bits per heavy atom. The molecule has 1 aliphatic heterocycles. The van der Waals surface area contributed by atoms with Gasteiger partial charge >= 0.3 is 0 Å². The maximum Gasteiger partial charge on any atom is 0.133 e. The van der Waals surface area contributed by atoms with E-state index in [0.717, 1.165) is 51.7 Å². The van der Waals surface area contributed by atoms with Crippen LogP contribution in [-0.4, -0.2) is 62.9 Å². The Bertz CT molecular complexity index is 405. The Morgan fingerprint density at radius 1 is 1.29 bits per heavy atom. The van der Waals surface area contributed by atoms with Gasteiger partial charge in [-0.3, -0.25) is 4.90 Å². The first-order valence-electron chi connectivity index (χ1n) is 7.96. The minimum Gasteiger partial charge on any atom is -0.383 e. The SMILES string of the molecule is CCCN1CCN(c2ncccc2CNCCOC)CC1. The normalized spacial score (nSPS) is 16.4. The van der Waals surface area contributed by atoms with E-state index in [1.54, 1.807) is 7.11 Å². The summed E-state index contributed by atoms with van der Waals surface area (Å²) in [5.74, 6) is 1.14. The quantitative estimate of drug-likeness (QED) is 0.733. The van der Waals surface area contributed by atoms with E-state index in [0.29, 0.717) is 0 Å². The van der Waals surface area contributed by atoms with Crippen molar-refractivity contribution in [3.63, 3.8) is 0 Å². The standard InChI is InChI=1S/C16H28N4O/c1-3-8-19-9-11-20(12-10-19)16-15(5-4-6-18-16)14-17-7-13-21-2/h4-6,17H,3,7-14H2,1-2H3. The van der Waals surface area contributed by atoms with Crippen LogP contribution in [0.4, 0.5) is 5.82 Å². The molecule has 21 heavy (non-hydrogen) atoms. The molecule has 0 saturated carbocycles. The molecular formula is C16H28N4O. The lowest BCUT2D eigenvalue weighted by atomic mass is 10.2. The highest BCUT2D eigenvalue weighted by Gasteiger charge is 2.19. The van der Waals surface area contributed by atoms with Crippen molar-refractivity contribution in [2.24, 2.45) is 0 Å². The van der Waals surface area contributed by atoms with E-state index in [4.69, 9.17) is 4.74 Å². The van der Waals surface area contributed by atoms with Gasteiger partial charge in [-0.05, 0) is 19.0 Å². The molecule has 5 nitrogen and oxygen atoms in total. The molecular weight excluding hydrogens is 264 g/mol. The van der Waals surface area contributed by atoms with Crippen LogP contribution < -0.4 is 10.2 Å². The predicted octanol–water partition coefficient (Wildman–Crippen LogP) is 1.35. The number of ether oxygens (including phenoxy) is 1. The highest BCUT2D eigenvalue weighted by molar-refractivity contribution is 5.47. The molecule has 0 bridgehead atoms. The van der Waals surface area contributed by atoms with Gasteiger partial charge in [0.05, 0.1) is 6.61 Å². The number of rotatable bonds is 8. The molecule has 0 atom stereocenters. The van der Waals surface area contributed by atoms with Gasteiger partial charge in [0.1, 0.15) is 5.82 Å². The molecule has 2 rings (SSSR count). The van der Waals surface area contributed by atoms with Gasteiger partial charge in [0, 0.05) is 58.1 Å². The van der Waals surface area contributed by atoms with Crippen LogP contribution in [0.3, 0.4) is 0 Å². The third-order valence-electron chi connectivity index (χ3n) is 3.88. The fourth-order valence-electron chi connectivity index (χ4n) is 2.75. The number of methoxy groups -OCH3 is 1. The van der Waals surface area contributed by atoms with Crippen molar-refractivity contribution in [3.8, 4) is 0 Å². The van der Waals surface area contributed by atoms with Gasteiger partial charge in [-0.2, -0.15) is 0 Å². The van der Waals surface area contributed by atoms with E-state index in [2.05, 4.69) is 33.1 Å². The smallest absolute Gasteiger partial charge is 0.133 e. The molecule has 1 N–H and O–H groups in total. The van der Waals surface area contributed by atoms with E-state index in [1.807, 2.05) is 12.3 Å². The number of pyridine rings is 1. The summed E-state index contributed by atoms with van der Waals surface area (Å²) in [4.78, 5) is 9.56. The third kappa shape index (κ3) is 4.95. The van der Waals surface area contributed by atoms with Crippen LogP contribution >= 0.6 is 0 Å². The van der Waals surface area contributed by atoms with Crippen LogP contribution in [0.5, 0.6) is 0 Å². The molecule has 5 heteroatoms. The molecule has 118 valence electrons. The van der Waals surface area contributed by atoms with Crippen LogP contribution in [-0.2, 0) is 11.3 Å². The molecule has 0 radical (unpaired) electrons. The van der Waals surface area contributed by atoms with Crippen LogP contribution in [0.25, 0.3) is 0 Å². The van der Waals surface area contributed by atoms with Gasteiger partial charge in [-0.1, -0.05) is 13.0 Å². The third-order valence-corrected chi connectivity index (χ3v) is 3.88. The second kappa shape index (κ2) is 8.97. The molecule has 0 aliphatic carbocycles. The van der Waals surface area contributed by atoms with Crippen molar-refractivity contribution in [1.29, 1.82) is 0 Å². The molecule has 1 aromatic heterocycles. The lowest BCUT2D eigenvalue weighted by molar-refractivity contribution is 0.199. The van der Waals surface area contributed by atoms with Crippen LogP contribution in [0.15, 0.2) is 18.3 Å². The Balaban J connectivity index is 1.90. The molecule has 1 aliphatic rings. The van der Waals surface area contributed by atoms with Crippen LogP contribution in [0.2, 0.25) is 0 Å². The average molecular weight is 292 g/mol. The van der Waals surface area contributed by atoms with Crippen molar-refractivity contribution < 1.29 is 4.74 Å². The summed E-state index contributed by atoms with van der Waals surface area (Å²) in [6.07, 6.45) is 3.13. The van der Waals surface area contributed by atoms with Crippen molar-refractivity contribution in [3.05, 3.63) is 23.9 Å². The van der Waals surface area contributed by atoms with Gasteiger partial charge in [0.25, 0.3) is 0 Å². The molecule has 0 aromatic carbocycles. The number of anilines is 1. The summed E-state index contributed by atoms with van der Waals surface area (Å²) in [6.45, 7) is 10.3. The second-order valence-electron chi connectivity index (χ2n) is 5.48. The van der Waals surface area contributed by atoms with E-state index in [1.165, 1.54) is 18.5 Å². The van der Waals surface area contributed by atoms with Gasteiger partial charge in [0.2, 0.25) is 0 Å². The fraction of sp³-hybridized carbons (Fsp3) is 0.688. The van der Waals surface area contributed by atoms with Crippen molar-refractivity contribution in [1.82, 2.24) is 15.2 Å². The Labute approximate surface area is 128 Å². The Hall–Kier alpha value is -1.17. The number of hydrogen-bond donors (Lipinski definition) is 1. The highest BCUT2D eigenvalue weighted by atomic mass is 16.5. The summed E-state index contributed by atoms with van der Waals surface area (Å²) < 4.78 is 5.07. The van der Waals surface area contributed by atoms with Gasteiger partial charge in [-0.25, -0.2) is 4.98 Å². The summed E-state index contributed by atoms with van der Waals surface area (Å²) in [5.41, 5.74) is 1.28. The average Bonchev–Trinajstić information content (AvgIpc) is 2.53. The molecule has 1 aromatic rings. The van der Waals surface area contributed by atoms with E-state index in [-0.39, 0.29) is 0 Å². The molecule has 2 heterocycles. The zero-order valence-electron chi connectivity index (χ0n) is 13.3. The van der Waals surface area contributed by atoms with E-state index >= 15 is 0 Å². The minimum atomic E-state index is 0.741. The summed E-state index contributed by atoms with van der Waals surface area (Å²) in [7, 11) is 1.73. The first-order chi connectivity index (χ1) is 10.3. The van der Waals surface area contributed by atoms with Gasteiger partial charge in [0.15, 0.2) is 0 Å². The highest BCUT2D eigenvalue weighted by Crippen LogP contribution is 2.18. The number of hydrogen-bond acceptors (Lipinski definition) is 5. The van der Waals surface area contributed by atoms with Crippen molar-refractivity contribution >= 4 is 5.82 Å². The van der Waals surface area contributed by atoms with Crippen LogP contribution in [0, 0.1) is 0 Å². The zero-order chi connectivity index (χ0) is 14.9. The molecule has 1 fully saturated rings. The van der Waals surface area contributed by atoms with Gasteiger partial charge < -0.3 is 15.0 Å². The molecule has 1 saturated heterocycles. The van der Waals surface area contributed by atoms with E-state index < -0.39 is 0 Å². The van der Waals surface area contributed by atoms with Crippen molar-refractivity contribution in [2.75, 3.05) is 57.9 Å². The molecule has 0 unspecified atom stereocenters. The number of piperazine rings is 1. The topological polar surface area (TPSA) is 40.6 Å². The Kier molecular flexibility index (Phi) is 6.92. The lowest BCUT2D eigenvalue weighted by Gasteiger charge is -2.36. The number of nitrogens with one attached hydrogen (secondary N) is 1. The number of nitrogens with zero attached hydrogens (tertiary/aromatic N) is 3. The first-order valence-corrected chi connectivity index (χ1v) is 7.96. The maximum absolute atomic E-state index is 5.07. The molecule has 0 amide bonds. The largest absolute Gasteiger partial charge is 0.383 e. The summed E-state index contributed by atoms with van der Waals surface area (Å²) >= 11 is 0. The monoisotopic (exact) mass is 292 g/mol. The minimum absolute atomic E-state index is 0.741. The second-order valence-corrected chi connectivity index (χ2v) is 5.48. The summed E-state index contributed by atoms with van der Waals surface area (Å²) in [5, 5.41) is 3.41. The first kappa shape index (κ1) is 16.2. The van der Waals surface area contributed by atoms with E-state index in [9.17, 15) is 0 Å². The predicted molar refractivity (Wildman–Crippen MR) is 86.8 cm³/mol. The molecule has 0 spiro atoms. The Morgan fingerprint density at radius 3 is 2.81 bits per heavy atom. The fourth-order valence-corrected chi connectivity index (χ4v) is 2.75. The van der Waals surface area contributed by atoms with Gasteiger partial charge in [-0.15, -0.1) is 0 Å². The maximum atomic E-state index is 5.07. The number of aromatic nitrogens is 1. The zero-order valence-corrected chi connectivity index (χ0v) is 13.3. The van der Waals surface area contributed by atoms with Crippen molar-refractivity contribution in [2.45, 2.75) is 19.9 Å². The summed E-state index contributed by atoms with van der Waals surface area (Å²) in [6, 6.07) is 4.19. The van der Waals surface area contributed by atoms with Crippen LogP contribution in [0.1, 0.15) is 18.9 Å². The lowest BCUT2D eigenvalue weighted by Crippen LogP contribution is -2.47.